The third kappa shape index (κ3) is 20.3. The molecule has 0 amide bonds. The second kappa shape index (κ2) is 25.9. The molecule has 6 nitrogen and oxygen atoms in total. The van der Waals surface area contributed by atoms with Crippen LogP contribution in [0.1, 0.15) is 216 Å². The van der Waals surface area contributed by atoms with Crippen molar-refractivity contribution in [3.05, 3.63) is 0 Å². The van der Waals surface area contributed by atoms with Gasteiger partial charge in [0.15, 0.2) is 0 Å². The zero-order valence-electron chi connectivity index (χ0n) is 53.7. The van der Waals surface area contributed by atoms with Crippen LogP contribution in [-0.2, 0) is 0 Å². The summed E-state index contributed by atoms with van der Waals surface area (Å²) < 4.78 is 0. The van der Waals surface area contributed by atoms with Gasteiger partial charge in [-0.2, -0.15) is 0 Å². The molecule has 422 valence electrons. The van der Waals surface area contributed by atoms with Crippen LogP contribution >= 0.6 is 0 Å². The maximum absolute atomic E-state index is 2.63. The molecule has 2 bridgehead atoms. The summed E-state index contributed by atoms with van der Waals surface area (Å²) in [5.41, 5.74) is 3.66. The van der Waals surface area contributed by atoms with Gasteiger partial charge in [0.1, 0.15) is 0 Å². The van der Waals surface area contributed by atoms with E-state index in [4.69, 9.17) is 0 Å². The van der Waals surface area contributed by atoms with Crippen LogP contribution in [0.4, 0.5) is 0 Å². The lowest BCUT2D eigenvalue weighted by Crippen LogP contribution is -2.43. The number of fused-ring (bicyclic) bond motifs is 3. The van der Waals surface area contributed by atoms with Crippen molar-refractivity contribution in [3.63, 3.8) is 0 Å². The van der Waals surface area contributed by atoms with E-state index in [1.807, 2.05) is 0 Å². The predicted molar refractivity (Wildman–Crippen MR) is 317 cm³/mol. The Morgan fingerprint density at radius 2 is 0.817 bits per heavy atom. The summed E-state index contributed by atoms with van der Waals surface area (Å²) in [4.78, 5) is 14.9. The molecular formula is C65H132N6. The van der Waals surface area contributed by atoms with Crippen molar-refractivity contribution in [3.8, 4) is 0 Å². The van der Waals surface area contributed by atoms with Crippen molar-refractivity contribution in [2.24, 2.45) is 85.2 Å². The summed E-state index contributed by atoms with van der Waals surface area (Å²) in [6.45, 7) is 61.7. The fraction of sp³-hybridized carbons (Fsp3) is 1.00. The van der Waals surface area contributed by atoms with Crippen LogP contribution in [-0.4, -0.2) is 149 Å². The van der Waals surface area contributed by atoms with Gasteiger partial charge in [-0.1, -0.05) is 138 Å². The summed E-state index contributed by atoms with van der Waals surface area (Å²) in [5, 5.41) is 0. The van der Waals surface area contributed by atoms with E-state index in [-0.39, 0.29) is 0 Å². The maximum Gasteiger partial charge on any atom is 0.00985 e. The van der Waals surface area contributed by atoms with Gasteiger partial charge in [-0.25, -0.2) is 0 Å². The van der Waals surface area contributed by atoms with Crippen LogP contribution in [0.15, 0.2) is 0 Å². The number of likely N-dealkylation sites (tertiary alicyclic amines) is 5. The van der Waals surface area contributed by atoms with Gasteiger partial charge in [-0.15, -0.1) is 0 Å². The lowest BCUT2D eigenvalue weighted by molar-refractivity contribution is 0.0310. The highest BCUT2D eigenvalue weighted by Crippen LogP contribution is 2.59. The molecule has 8 rings (SSSR count). The highest BCUT2D eigenvalue weighted by atomic mass is 15.2. The van der Waals surface area contributed by atoms with Crippen molar-refractivity contribution in [2.45, 2.75) is 234 Å². The molecule has 0 radical (unpaired) electrons. The minimum atomic E-state index is 0.467. The molecule has 0 aromatic rings. The molecule has 8 unspecified atom stereocenters. The molecular weight excluding hydrogens is 865 g/mol. The molecule has 0 aromatic carbocycles. The Morgan fingerprint density at radius 3 is 1.20 bits per heavy atom. The third-order valence-electron chi connectivity index (χ3n) is 21.2. The zero-order valence-corrected chi connectivity index (χ0v) is 53.7. The smallest absolute Gasteiger partial charge is 0.00985 e. The molecule has 7 aliphatic heterocycles. The summed E-state index contributed by atoms with van der Waals surface area (Å²) in [5.74, 6) is 7.71. The molecule has 6 heteroatoms. The normalized spacial score (nSPS) is 33.8. The summed E-state index contributed by atoms with van der Waals surface area (Å²) >= 11 is 0. The lowest BCUT2D eigenvalue weighted by Gasteiger charge is -2.47. The van der Waals surface area contributed by atoms with E-state index in [2.05, 4.69) is 217 Å². The van der Waals surface area contributed by atoms with Crippen LogP contribution in [0.2, 0.25) is 0 Å². The quantitative estimate of drug-likeness (QED) is 0.239. The first kappa shape index (κ1) is 65.0. The van der Waals surface area contributed by atoms with Gasteiger partial charge in [0.25, 0.3) is 0 Å². The summed E-state index contributed by atoms with van der Waals surface area (Å²) in [7, 11) is 13.5. The van der Waals surface area contributed by atoms with E-state index in [0.717, 1.165) is 65.5 Å². The van der Waals surface area contributed by atoms with Gasteiger partial charge in [-0.05, 0) is 244 Å². The standard InChI is InChI=1S/C12H23N.3C11H23N.C10H19N.C10H21N/c1-12(2,3)9-7-10-5-6-11(8-9)13(10)4;1-10(2,3)11(4)6-8-12(5)9-7-11;1-9-8-12(5)7-6-10(9)11(2,3)4;1-9-8-10(11(2,3)4)6-7-12(9)5;1-10(2,3)9-7-5-11(4)6-8(7)9;1-10(2,3)9-5-7-11(4)8-6-9/h9-11H,5-8H2,1-4H3;6-9H2,1-5H3;2*9-10H,6-8H2,1-5H3;7-9H,5-6H2,1-4H3;9H,5-8H2,1-4H3. The zero-order chi connectivity index (χ0) is 54.5. The van der Waals surface area contributed by atoms with Gasteiger partial charge in [0.05, 0.1) is 0 Å². The topological polar surface area (TPSA) is 19.4 Å². The minimum absolute atomic E-state index is 0.467. The second-order valence-corrected chi connectivity index (χ2v) is 33.0. The predicted octanol–water partition coefficient (Wildman–Crippen LogP) is 15.3. The van der Waals surface area contributed by atoms with Crippen LogP contribution < -0.4 is 0 Å². The molecule has 0 aromatic heterocycles. The van der Waals surface area contributed by atoms with E-state index >= 15 is 0 Å². The Bertz CT molecular complexity index is 1460. The molecule has 0 spiro atoms. The Kier molecular flexibility index (Phi) is 23.8. The largest absolute Gasteiger partial charge is 0.306 e. The fourth-order valence-electron chi connectivity index (χ4n) is 14.6. The lowest BCUT2D eigenvalue weighted by atomic mass is 9.63. The van der Waals surface area contributed by atoms with Gasteiger partial charge in [0, 0.05) is 37.8 Å². The van der Waals surface area contributed by atoms with Crippen LogP contribution in [0.25, 0.3) is 0 Å². The number of piperidine rings is 6. The first-order valence-electron chi connectivity index (χ1n) is 30.3. The van der Waals surface area contributed by atoms with Gasteiger partial charge < -0.3 is 29.4 Å². The Morgan fingerprint density at radius 1 is 0.394 bits per heavy atom. The maximum atomic E-state index is 2.63. The monoisotopic (exact) mass is 997 g/mol. The first-order chi connectivity index (χ1) is 32.2. The van der Waals surface area contributed by atoms with Gasteiger partial charge >= 0.3 is 0 Å². The van der Waals surface area contributed by atoms with Gasteiger partial charge in [-0.3, -0.25) is 0 Å². The number of hydrogen-bond acceptors (Lipinski definition) is 6. The van der Waals surface area contributed by atoms with E-state index in [1.54, 1.807) is 0 Å². The average molecular weight is 998 g/mol. The number of hydrogen-bond donors (Lipinski definition) is 0. The van der Waals surface area contributed by atoms with Crippen LogP contribution in [0.5, 0.6) is 0 Å². The van der Waals surface area contributed by atoms with Crippen molar-refractivity contribution < 1.29 is 0 Å². The number of rotatable bonds is 0. The highest BCUT2D eigenvalue weighted by Gasteiger charge is 2.59. The molecule has 8 fully saturated rings. The van der Waals surface area contributed by atoms with Crippen molar-refractivity contribution >= 4 is 0 Å². The first-order valence-corrected chi connectivity index (χ1v) is 30.3. The summed E-state index contributed by atoms with van der Waals surface area (Å²) in [6, 6.07) is 2.59. The molecule has 7 saturated heterocycles. The van der Waals surface area contributed by atoms with Crippen molar-refractivity contribution in [1.29, 1.82) is 0 Å². The molecule has 1 saturated carbocycles. The van der Waals surface area contributed by atoms with Gasteiger partial charge in [0.2, 0.25) is 0 Å². The average Bonchev–Trinajstić information content (AvgIpc) is 3.71. The Hall–Kier alpha value is -0.240. The SMILES string of the molecule is CC1CC(C(C)(C)C)CCN1C.CC1CN(C)CCC1C(C)(C)C.CN1C2CCC1CC(C(C)(C)C)C2.CN1CC2C(C1)C2C(C)(C)C.CN1CCC(C(C)(C)C)CC1.CN1CCC(C)(C(C)(C)C)CC1. The Balaban J connectivity index is 0.000000225. The van der Waals surface area contributed by atoms with E-state index in [9.17, 15) is 0 Å². The molecule has 0 N–H and O–H groups in total. The van der Waals surface area contributed by atoms with E-state index < -0.39 is 0 Å². The van der Waals surface area contributed by atoms with Crippen molar-refractivity contribution in [1.82, 2.24) is 29.4 Å². The van der Waals surface area contributed by atoms with E-state index in [0.29, 0.717) is 37.9 Å². The Labute approximate surface area is 448 Å². The molecule has 1 aliphatic carbocycles. The molecule has 8 aliphatic rings. The molecule has 8 atom stereocenters. The summed E-state index contributed by atoms with van der Waals surface area (Å²) in [6.07, 6.45) is 15.4. The fourth-order valence-corrected chi connectivity index (χ4v) is 14.6. The van der Waals surface area contributed by atoms with Crippen LogP contribution in [0, 0.1) is 85.2 Å². The van der Waals surface area contributed by atoms with Crippen molar-refractivity contribution in [2.75, 3.05) is 101 Å². The van der Waals surface area contributed by atoms with E-state index in [1.165, 1.54) is 130 Å². The third-order valence-corrected chi connectivity index (χ3v) is 21.2. The second-order valence-electron chi connectivity index (χ2n) is 33.0. The highest BCUT2D eigenvalue weighted by molar-refractivity contribution is 5.08. The minimum Gasteiger partial charge on any atom is -0.306 e. The number of nitrogens with zero attached hydrogens (tertiary/aromatic N) is 6. The van der Waals surface area contributed by atoms with Crippen LogP contribution in [0.3, 0.4) is 0 Å². The molecule has 7 heterocycles. The molecule has 71 heavy (non-hydrogen) atoms.